The number of nitro benzene ring substituents is 1. The van der Waals surface area contributed by atoms with Crippen LogP contribution in [0.3, 0.4) is 0 Å². The van der Waals surface area contributed by atoms with E-state index in [1.54, 1.807) is 0 Å². The normalized spacial score (nSPS) is 13.8. The van der Waals surface area contributed by atoms with Crippen LogP contribution in [0.15, 0.2) is 18.2 Å². The Morgan fingerprint density at radius 2 is 2.21 bits per heavy atom. The van der Waals surface area contributed by atoms with Crippen molar-refractivity contribution in [2.75, 3.05) is 5.75 Å². The number of carboxylic acids is 1. The van der Waals surface area contributed by atoms with Crippen LogP contribution in [0.25, 0.3) is 0 Å². The van der Waals surface area contributed by atoms with Crippen molar-refractivity contribution < 1.29 is 19.0 Å². The number of rotatable bonds is 6. The largest absolute Gasteiger partial charge is 0.481 e. The van der Waals surface area contributed by atoms with E-state index < -0.39 is 27.6 Å². The highest BCUT2D eigenvalue weighted by Gasteiger charge is 2.21. The summed E-state index contributed by atoms with van der Waals surface area (Å²) in [5.74, 6) is -2.03. The second-order valence-electron chi connectivity index (χ2n) is 3.98. The molecular formula is C11H12ClNO5S. The van der Waals surface area contributed by atoms with Crippen molar-refractivity contribution in [3.8, 4) is 0 Å². The lowest BCUT2D eigenvalue weighted by Crippen LogP contribution is -2.18. The van der Waals surface area contributed by atoms with Gasteiger partial charge in [-0.25, -0.2) is 0 Å². The van der Waals surface area contributed by atoms with Crippen LogP contribution in [0.5, 0.6) is 0 Å². The average molecular weight is 306 g/mol. The molecule has 2 atom stereocenters. The van der Waals surface area contributed by atoms with Gasteiger partial charge in [-0.15, -0.1) is 0 Å². The second kappa shape index (κ2) is 6.63. The van der Waals surface area contributed by atoms with E-state index >= 15 is 0 Å². The van der Waals surface area contributed by atoms with Crippen LogP contribution in [0.4, 0.5) is 5.69 Å². The Balaban J connectivity index is 2.90. The van der Waals surface area contributed by atoms with Crippen molar-refractivity contribution in [2.24, 2.45) is 5.92 Å². The second-order valence-corrected chi connectivity index (χ2v) is 5.89. The lowest BCUT2D eigenvalue weighted by molar-refractivity contribution is -0.385. The van der Waals surface area contributed by atoms with Crippen LogP contribution < -0.4 is 0 Å². The molecule has 104 valence electrons. The molecule has 0 amide bonds. The van der Waals surface area contributed by atoms with Crippen molar-refractivity contribution in [1.29, 1.82) is 0 Å². The maximum absolute atomic E-state index is 11.8. The number of carboxylic acid groups (broad SMARTS) is 1. The average Bonchev–Trinajstić information content (AvgIpc) is 2.31. The van der Waals surface area contributed by atoms with Gasteiger partial charge in [-0.3, -0.25) is 19.1 Å². The zero-order chi connectivity index (χ0) is 14.6. The smallest absolute Gasteiger partial charge is 0.307 e. The monoisotopic (exact) mass is 305 g/mol. The van der Waals surface area contributed by atoms with E-state index in [-0.39, 0.29) is 27.8 Å². The summed E-state index contributed by atoms with van der Waals surface area (Å²) in [6, 6.07) is 4.19. The van der Waals surface area contributed by atoms with Gasteiger partial charge in [0.2, 0.25) is 0 Å². The third-order valence-electron chi connectivity index (χ3n) is 2.45. The minimum Gasteiger partial charge on any atom is -0.481 e. The van der Waals surface area contributed by atoms with Crippen LogP contribution in [0, 0.1) is 16.0 Å². The number of carbonyl (C=O) groups is 1. The van der Waals surface area contributed by atoms with Crippen molar-refractivity contribution >= 4 is 34.1 Å². The van der Waals surface area contributed by atoms with E-state index in [0.29, 0.717) is 0 Å². The Hall–Kier alpha value is -1.47. The van der Waals surface area contributed by atoms with E-state index in [9.17, 15) is 19.1 Å². The predicted octanol–water partition coefficient (Wildman–Crippen LogP) is 2.22. The maximum Gasteiger partial charge on any atom is 0.307 e. The van der Waals surface area contributed by atoms with E-state index in [0.717, 1.165) is 0 Å². The number of hydrogen-bond donors (Lipinski definition) is 1. The van der Waals surface area contributed by atoms with E-state index in [4.69, 9.17) is 16.7 Å². The number of hydrogen-bond acceptors (Lipinski definition) is 4. The van der Waals surface area contributed by atoms with Gasteiger partial charge >= 0.3 is 5.97 Å². The molecule has 0 bridgehead atoms. The summed E-state index contributed by atoms with van der Waals surface area (Å²) in [6.45, 7) is 1.43. The summed E-state index contributed by atoms with van der Waals surface area (Å²) in [4.78, 5) is 20.9. The first kappa shape index (κ1) is 15.6. The zero-order valence-corrected chi connectivity index (χ0v) is 11.6. The van der Waals surface area contributed by atoms with Gasteiger partial charge in [-0.1, -0.05) is 24.6 Å². The zero-order valence-electron chi connectivity index (χ0n) is 10.0. The molecule has 0 saturated carbocycles. The molecule has 1 aromatic carbocycles. The van der Waals surface area contributed by atoms with Gasteiger partial charge in [-0.2, -0.15) is 0 Å². The fraction of sp³-hybridized carbons (Fsp3) is 0.364. The van der Waals surface area contributed by atoms with Gasteiger partial charge < -0.3 is 5.11 Å². The molecule has 0 heterocycles. The Bertz CT molecular complexity index is 534. The highest BCUT2D eigenvalue weighted by molar-refractivity contribution is 7.84. The fourth-order valence-corrected chi connectivity index (χ4v) is 3.19. The number of aliphatic carboxylic acids is 1. The van der Waals surface area contributed by atoms with E-state index in [1.807, 2.05) is 0 Å². The summed E-state index contributed by atoms with van der Waals surface area (Å²) in [6.07, 6.45) is 0. The first-order valence-corrected chi connectivity index (χ1v) is 7.19. The maximum atomic E-state index is 11.8. The van der Waals surface area contributed by atoms with Crippen molar-refractivity contribution in [2.45, 2.75) is 12.7 Å². The first-order chi connectivity index (χ1) is 8.82. The Kier molecular flexibility index (Phi) is 5.44. The summed E-state index contributed by atoms with van der Waals surface area (Å²) in [7, 11) is -1.53. The molecule has 1 N–H and O–H groups in total. The topological polar surface area (TPSA) is 97.5 Å². The highest BCUT2D eigenvalue weighted by atomic mass is 35.5. The van der Waals surface area contributed by atoms with Crippen LogP contribution in [0.2, 0.25) is 5.02 Å². The van der Waals surface area contributed by atoms with Crippen LogP contribution in [-0.2, 0) is 21.3 Å². The summed E-state index contributed by atoms with van der Waals surface area (Å²) in [5.41, 5.74) is -0.0334. The minimum absolute atomic E-state index is 0.0717. The summed E-state index contributed by atoms with van der Waals surface area (Å²) in [5, 5.41) is 19.7. The van der Waals surface area contributed by atoms with Gasteiger partial charge in [0.1, 0.15) is 0 Å². The number of halogens is 1. The van der Waals surface area contributed by atoms with Crippen molar-refractivity contribution in [1.82, 2.24) is 0 Å². The van der Waals surface area contributed by atoms with Gasteiger partial charge in [0.15, 0.2) is 0 Å². The molecule has 0 fully saturated rings. The van der Waals surface area contributed by atoms with Crippen molar-refractivity contribution in [3.63, 3.8) is 0 Å². The van der Waals surface area contributed by atoms with Crippen LogP contribution in [-0.4, -0.2) is 26.0 Å². The number of benzene rings is 1. The molecule has 0 aliphatic heterocycles. The molecule has 0 aromatic heterocycles. The van der Waals surface area contributed by atoms with Crippen LogP contribution >= 0.6 is 11.6 Å². The Morgan fingerprint density at radius 3 is 2.74 bits per heavy atom. The van der Waals surface area contributed by atoms with E-state index in [1.165, 1.54) is 25.1 Å². The Labute approximate surface area is 117 Å². The SMILES string of the molecule is CC(CS(=O)Cc1c(Cl)cccc1[N+](=O)[O-])C(=O)O. The number of nitrogens with zero attached hydrogens (tertiary/aromatic N) is 1. The third kappa shape index (κ3) is 4.29. The fourth-order valence-electron chi connectivity index (χ4n) is 1.43. The van der Waals surface area contributed by atoms with Gasteiger partial charge in [0, 0.05) is 22.6 Å². The molecule has 8 heteroatoms. The Morgan fingerprint density at radius 1 is 1.58 bits per heavy atom. The molecule has 0 spiro atoms. The lowest BCUT2D eigenvalue weighted by atomic mass is 10.2. The predicted molar refractivity (Wildman–Crippen MR) is 71.6 cm³/mol. The molecule has 0 aliphatic rings. The van der Waals surface area contributed by atoms with Crippen molar-refractivity contribution in [3.05, 3.63) is 38.9 Å². The molecule has 6 nitrogen and oxygen atoms in total. The summed E-state index contributed by atoms with van der Waals surface area (Å²) < 4.78 is 11.8. The molecule has 0 aliphatic carbocycles. The van der Waals surface area contributed by atoms with E-state index in [2.05, 4.69) is 0 Å². The quantitative estimate of drug-likeness (QED) is 0.642. The first-order valence-electron chi connectivity index (χ1n) is 5.32. The molecule has 19 heavy (non-hydrogen) atoms. The highest BCUT2D eigenvalue weighted by Crippen LogP contribution is 2.27. The molecule has 2 unspecified atom stereocenters. The van der Waals surface area contributed by atoms with Gasteiger partial charge in [-0.05, 0) is 6.07 Å². The molecular weight excluding hydrogens is 294 g/mol. The van der Waals surface area contributed by atoms with Crippen LogP contribution in [0.1, 0.15) is 12.5 Å². The van der Waals surface area contributed by atoms with Gasteiger partial charge in [0.05, 0.1) is 27.2 Å². The molecule has 0 radical (unpaired) electrons. The summed E-state index contributed by atoms with van der Waals surface area (Å²) >= 11 is 5.86. The molecule has 0 saturated heterocycles. The lowest BCUT2D eigenvalue weighted by Gasteiger charge is -2.08. The van der Waals surface area contributed by atoms with Gasteiger partial charge in [0.25, 0.3) is 5.69 Å². The number of nitro groups is 1. The molecule has 1 rings (SSSR count). The third-order valence-corrected chi connectivity index (χ3v) is 4.29. The molecule has 1 aromatic rings. The minimum atomic E-state index is -1.53. The standard InChI is InChI=1S/C11H12ClNO5S/c1-7(11(14)15)5-19(18)6-8-9(12)3-2-4-10(8)13(16)17/h2-4,7H,5-6H2,1H3,(H,14,15).